The molecule has 0 spiro atoms. The smallest absolute Gasteiger partial charge is 0.338 e. The topological polar surface area (TPSA) is 80.7 Å². The Labute approximate surface area is 105 Å². The van der Waals surface area contributed by atoms with Crippen molar-refractivity contribution in [3.8, 4) is 0 Å². The number of sulfone groups is 1. The molecule has 6 heteroatoms. The Balaban J connectivity index is 2.65. The molecular formula is C12H14O5S. The van der Waals surface area contributed by atoms with Gasteiger partial charge in [-0.25, -0.2) is 13.2 Å². The van der Waals surface area contributed by atoms with Crippen LogP contribution in [0.4, 0.5) is 0 Å². The van der Waals surface area contributed by atoms with Crippen LogP contribution in [0.25, 0.3) is 0 Å². The largest absolute Gasteiger partial charge is 0.465 e. The zero-order valence-electron chi connectivity index (χ0n) is 10.1. The maximum absolute atomic E-state index is 11.9. The number of aliphatic hydroxyl groups is 1. The highest BCUT2D eigenvalue weighted by molar-refractivity contribution is 7.91. The van der Waals surface area contributed by atoms with Gasteiger partial charge in [0.25, 0.3) is 0 Å². The van der Waals surface area contributed by atoms with Crippen LogP contribution in [0.2, 0.25) is 0 Å². The number of hydrogen-bond donors (Lipinski definition) is 1. The van der Waals surface area contributed by atoms with Gasteiger partial charge in [-0.2, -0.15) is 0 Å². The number of rotatable bonds is 1. The molecule has 1 heterocycles. The van der Waals surface area contributed by atoms with Crippen LogP contribution in [0, 0.1) is 6.92 Å². The lowest BCUT2D eigenvalue weighted by molar-refractivity contribution is 0.0599. The van der Waals surface area contributed by atoms with Crippen LogP contribution in [0.1, 0.15) is 21.5 Å². The highest BCUT2D eigenvalue weighted by atomic mass is 32.2. The van der Waals surface area contributed by atoms with Gasteiger partial charge in [-0.05, 0) is 24.1 Å². The van der Waals surface area contributed by atoms with Crippen molar-refractivity contribution >= 4 is 15.8 Å². The molecule has 98 valence electrons. The maximum atomic E-state index is 11.9. The van der Waals surface area contributed by atoms with E-state index >= 15 is 0 Å². The van der Waals surface area contributed by atoms with Gasteiger partial charge in [0.1, 0.15) is 0 Å². The fraction of sp³-hybridized carbons (Fsp3) is 0.417. The standard InChI is InChI=1S/C12H14O5S/c1-7-3-8-4-9(13)6-18(15,16)11(8)5-10(7)12(14)17-2/h3,5,9,13H,4,6H2,1-2H3. The van der Waals surface area contributed by atoms with Crippen LogP contribution < -0.4 is 0 Å². The third kappa shape index (κ3) is 2.13. The molecule has 0 bridgehead atoms. The van der Waals surface area contributed by atoms with Crippen molar-refractivity contribution in [3.05, 3.63) is 28.8 Å². The minimum atomic E-state index is -3.53. The van der Waals surface area contributed by atoms with Crippen LogP contribution in [-0.2, 0) is 21.0 Å². The van der Waals surface area contributed by atoms with E-state index in [1.54, 1.807) is 13.0 Å². The van der Waals surface area contributed by atoms with E-state index in [1.165, 1.54) is 13.2 Å². The van der Waals surface area contributed by atoms with E-state index in [2.05, 4.69) is 4.74 Å². The summed E-state index contributed by atoms with van der Waals surface area (Å²) in [6, 6.07) is 2.97. The molecular weight excluding hydrogens is 256 g/mol. The van der Waals surface area contributed by atoms with Crippen LogP contribution in [0.3, 0.4) is 0 Å². The number of aliphatic hydroxyl groups excluding tert-OH is 1. The molecule has 18 heavy (non-hydrogen) atoms. The molecule has 0 aromatic heterocycles. The van der Waals surface area contributed by atoms with E-state index in [-0.39, 0.29) is 22.6 Å². The highest BCUT2D eigenvalue weighted by Crippen LogP contribution is 2.28. The summed E-state index contributed by atoms with van der Waals surface area (Å²) in [5, 5.41) is 9.54. The molecule has 0 saturated heterocycles. The van der Waals surface area contributed by atoms with E-state index < -0.39 is 21.9 Å². The van der Waals surface area contributed by atoms with Crippen LogP contribution in [0.15, 0.2) is 17.0 Å². The molecule has 1 N–H and O–H groups in total. The highest BCUT2D eigenvalue weighted by Gasteiger charge is 2.30. The lowest BCUT2D eigenvalue weighted by atomic mass is 10.0. The summed E-state index contributed by atoms with van der Waals surface area (Å²) < 4.78 is 28.5. The second-order valence-corrected chi connectivity index (χ2v) is 6.41. The van der Waals surface area contributed by atoms with Crippen LogP contribution >= 0.6 is 0 Å². The van der Waals surface area contributed by atoms with E-state index in [0.29, 0.717) is 11.1 Å². The Bertz CT molecular complexity index is 603. The predicted octanol–water partition coefficient (Wildman–Crippen LogP) is 0.472. The number of benzene rings is 1. The fourth-order valence-electron chi connectivity index (χ4n) is 2.18. The number of carbonyl (C=O) groups is 1. The van der Waals surface area contributed by atoms with Crippen molar-refractivity contribution < 1.29 is 23.1 Å². The lowest BCUT2D eigenvalue weighted by Gasteiger charge is -2.22. The zero-order chi connectivity index (χ0) is 13.5. The van der Waals surface area contributed by atoms with Gasteiger partial charge in [0.05, 0.1) is 29.4 Å². The Kier molecular flexibility index (Phi) is 3.16. The van der Waals surface area contributed by atoms with Crippen molar-refractivity contribution in [2.24, 2.45) is 0 Å². The molecule has 1 atom stereocenters. The van der Waals surface area contributed by atoms with Crippen LogP contribution in [0.5, 0.6) is 0 Å². The van der Waals surface area contributed by atoms with Gasteiger partial charge in [0.15, 0.2) is 9.84 Å². The van der Waals surface area contributed by atoms with Gasteiger partial charge in [-0.1, -0.05) is 6.07 Å². The van der Waals surface area contributed by atoms with Gasteiger partial charge in [0.2, 0.25) is 0 Å². The molecule has 1 unspecified atom stereocenters. The zero-order valence-corrected chi connectivity index (χ0v) is 11.0. The number of carbonyl (C=O) groups excluding carboxylic acids is 1. The summed E-state index contributed by atoms with van der Waals surface area (Å²) in [5.41, 5.74) is 1.44. The Hall–Kier alpha value is -1.40. The number of ether oxygens (including phenoxy) is 1. The molecule has 0 saturated carbocycles. The molecule has 0 amide bonds. The first-order valence-electron chi connectivity index (χ1n) is 5.48. The molecule has 2 rings (SSSR count). The third-order valence-electron chi connectivity index (χ3n) is 3.02. The molecule has 0 aliphatic carbocycles. The molecule has 5 nitrogen and oxygen atoms in total. The second-order valence-electron chi connectivity index (χ2n) is 4.41. The number of aryl methyl sites for hydroxylation is 1. The molecule has 0 fully saturated rings. The first kappa shape index (κ1) is 13.0. The Morgan fingerprint density at radius 2 is 2.11 bits per heavy atom. The van der Waals surface area contributed by atoms with Crippen molar-refractivity contribution in [3.63, 3.8) is 0 Å². The van der Waals surface area contributed by atoms with Crippen molar-refractivity contribution in [1.29, 1.82) is 0 Å². The summed E-state index contributed by atoms with van der Waals surface area (Å²) in [5.74, 6) is -0.861. The molecule has 0 radical (unpaired) electrons. The average Bonchev–Trinajstić information content (AvgIpc) is 2.25. The molecule has 1 aliphatic heterocycles. The van der Waals surface area contributed by atoms with Gasteiger partial charge in [0, 0.05) is 6.42 Å². The first-order chi connectivity index (χ1) is 8.35. The van der Waals surface area contributed by atoms with E-state index in [4.69, 9.17) is 0 Å². The summed E-state index contributed by atoms with van der Waals surface area (Å²) in [4.78, 5) is 11.7. The van der Waals surface area contributed by atoms with E-state index in [9.17, 15) is 18.3 Å². The average molecular weight is 270 g/mol. The minimum absolute atomic E-state index is 0.124. The first-order valence-corrected chi connectivity index (χ1v) is 7.13. The van der Waals surface area contributed by atoms with Gasteiger partial charge >= 0.3 is 5.97 Å². The van der Waals surface area contributed by atoms with Gasteiger partial charge in [-0.15, -0.1) is 0 Å². The Morgan fingerprint density at radius 3 is 2.72 bits per heavy atom. The summed E-state index contributed by atoms with van der Waals surface area (Å²) in [6.45, 7) is 1.71. The number of methoxy groups -OCH3 is 1. The SMILES string of the molecule is COC(=O)c1cc2c(cc1C)CC(O)CS2(=O)=O. The molecule has 1 aliphatic rings. The van der Waals surface area contributed by atoms with Gasteiger partial charge in [-0.3, -0.25) is 0 Å². The van der Waals surface area contributed by atoms with Crippen molar-refractivity contribution in [2.45, 2.75) is 24.3 Å². The van der Waals surface area contributed by atoms with Crippen molar-refractivity contribution in [2.75, 3.05) is 12.9 Å². The van der Waals surface area contributed by atoms with Gasteiger partial charge < -0.3 is 9.84 Å². The molecule has 1 aromatic rings. The number of fused-ring (bicyclic) bond motifs is 1. The summed E-state index contributed by atoms with van der Waals surface area (Å²) in [6.07, 6.45) is -0.595. The summed E-state index contributed by atoms with van der Waals surface area (Å²) in [7, 11) is -2.28. The van der Waals surface area contributed by atoms with E-state index in [1.807, 2.05) is 0 Å². The number of hydrogen-bond acceptors (Lipinski definition) is 5. The fourth-order valence-corrected chi connectivity index (χ4v) is 3.83. The minimum Gasteiger partial charge on any atom is -0.465 e. The Morgan fingerprint density at radius 1 is 1.44 bits per heavy atom. The van der Waals surface area contributed by atoms with Crippen LogP contribution in [-0.4, -0.2) is 38.5 Å². The predicted molar refractivity (Wildman–Crippen MR) is 64.3 cm³/mol. The normalized spacial score (nSPS) is 21.2. The second kappa shape index (κ2) is 4.37. The monoisotopic (exact) mass is 270 g/mol. The summed E-state index contributed by atoms with van der Waals surface area (Å²) >= 11 is 0. The third-order valence-corrected chi connectivity index (χ3v) is 4.89. The van der Waals surface area contributed by atoms with E-state index in [0.717, 1.165) is 0 Å². The van der Waals surface area contributed by atoms with Crippen molar-refractivity contribution in [1.82, 2.24) is 0 Å². The number of esters is 1. The maximum Gasteiger partial charge on any atom is 0.338 e. The lowest BCUT2D eigenvalue weighted by Crippen LogP contribution is -2.30. The molecule has 1 aromatic carbocycles. The quantitative estimate of drug-likeness (QED) is 0.750.